The molecule has 0 heterocycles. The van der Waals surface area contributed by atoms with E-state index in [9.17, 15) is 9.18 Å². The van der Waals surface area contributed by atoms with Crippen molar-refractivity contribution in [3.63, 3.8) is 0 Å². The zero-order chi connectivity index (χ0) is 10.8. The number of rotatable bonds is 3. The monoisotopic (exact) mass is 440 g/mol. The van der Waals surface area contributed by atoms with Crippen molar-refractivity contribution < 1.29 is 13.9 Å². The third kappa shape index (κ3) is 3.85. The van der Waals surface area contributed by atoms with Gasteiger partial charge in [-0.2, -0.15) is 4.39 Å². The molecule has 1 aromatic rings. The Labute approximate surface area is 112 Å². The smallest absolute Gasteiger partial charge is 0.350 e. The molecule has 14 heavy (non-hydrogen) atoms. The van der Waals surface area contributed by atoms with Gasteiger partial charge >= 0.3 is 1.87 Å². The number of carbonyl (C=O) groups excluding carboxylic acids is 1. The molecule has 0 unspecified atom stereocenters. The van der Waals surface area contributed by atoms with Gasteiger partial charge in [0.2, 0.25) is 0 Å². The minimum atomic E-state index is -1.89. The topological polar surface area (TPSA) is 26.3 Å². The number of halogens is 4. The van der Waals surface area contributed by atoms with Gasteiger partial charge in [0, 0.05) is 45.2 Å². The first kappa shape index (κ1) is 12.4. The normalized spacial score (nSPS) is 11.1. The third-order valence-corrected chi connectivity index (χ3v) is 1.97. The molecule has 76 valence electrons. The number of alkyl halides is 3. The molecule has 0 amide bonds. The molecule has 6 heteroatoms. The predicted molar refractivity (Wildman–Crippen MR) is 69.1 cm³/mol. The largest absolute Gasteiger partial charge is 0.441 e. The molecule has 0 saturated carbocycles. The lowest BCUT2D eigenvalue weighted by Gasteiger charge is -2.14. The average molecular weight is 440 g/mol. The van der Waals surface area contributed by atoms with Crippen LogP contribution in [0.3, 0.4) is 0 Å². The molecule has 2 nitrogen and oxygen atoms in total. The maximum atomic E-state index is 13.1. The van der Waals surface area contributed by atoms with Crippen molar-refractivity contribution in [3.05, 3.63) is 29.8 Å². The van der Waals surface area contributed by atoms with Gasteiger partial charge in [0.15, 0.2) is 0 Å². The van der Waals surface area contributed by atoms with E-state index < -0.39 is 7.11 Å². The Balaban J connectivity index is 3.02. The molecule has 0 saturated heterocycles. The number of carbonyl (C=O) groups is 1. The van der Waals surface area contributed by atoms with Crippen LogP contribution in [0.1, 0.15) is 10.4 Å². The quantitative estimate of drug-likeness (QED) is 0.405. The van der Waals surface area contributed by atoms with Gasteiger partial charge in [-0.15, -0.1) is 0 Å². The van der Waals surface area contributed by atoms with E-state index in [1.54, 1.807) is 12.1 Å². The zero-order valence-corrected chi connectivity index (χ0v) is 11.7. The van der Waals surface area contributed by atoms with Crippen LogP contribution in [0.2, 0.25) is 0 Å². The van der Waals surface area contributed by atoms with Crippen molar-refractivity contribution >= 4 is 62.0 Å². The number of hydrogen-bond acceptors (Lipinski definition) is 2. The summed E-state index contributed by atoms with van der Waals surface area (Å²) in [5, 5.41) is -0.669. The third-order valence-electron chi connectivity index (χ3n) is 1.32. The standard InChI is InChI=1S/C8H4ClFI2O2/c9-7(13)5-3-1-2-4-6(5)14-8(10,11)12/h1-4H. The van der Waals surface area contributed by atoms with Crippen LogP contribution in [0.25, 0.3) is 0 Å². The highest BCUT2D eigenvalue weighted by molar-refractivity contribution is 14.2. The number of ether oxygens (including phenoxy) is 1. The van der Waals surface area contributed by atoms with Crippen LogP contribution in [0, 0.1) is 0 Å². The molecular weight excluding hydrogens is 436 g/mol. The van der Waals surface area contributed by atoms with Crippen LogP contribution in [-0.2, 0) is 0 Å². The summed E-state index contributed by atoms with van der Waals surface area (Å²) in [6.45, 7) is 0. The van der Waals surface area contributed by atoms with Crippen LogP contribution in [0.4, 0.5) is 4.39 Å². The molecule has 0 aliphatic rings. The first-order chi connectivity index (χ1) is 6.40. The Bertz CT molecular complexity index is 351. The molecule has 0 fully saturated rings. The SMILES string of the molecule is O=C(Cl)c1ccccc1OC(F)(I)I. The van der Waals surface area contributed by atoms with Gasteiger partial charge in [-0.1, -0.05) is 12.1 Å². The van der Waals surface area contributed by atoms with Crippen LogP contribution in [0.15, 0.2) is 24.3 Å². The van der Waals surface area contributed by atoms with Crippen molar-refractivity contribution in [1.29, 1.82) is 0 Å². The first-order valence-corrected chi connectivity index (χ1v) is 5.98. The highest BCUT2D eigenvalue weighted by Crippen LogP contribution is 2.34. The van der Waals surface area contributed by atoms with E-state index in [-0.39, 0.29) is 11.3 Å². The van der Waals surface area contributed by atoms with Crippen molar-refractivity contribution in [2.75, 3.05) is 0 Å². The Kier molecular flexibility index (Phi) is 4.38. The van der Waals surface area contributed by atoms with Gasteiger partial charge in [-0.25, -0.2) is 0 Å². The number of benzene rings is 1. The minimum absolute atomic E-state index is 0.138. The van der Waals surface area contributed by atoms with Crippen LogP contribution in [0.5, 0.6) is 5.75 Å². The molecule has 0 spiro atoms. The summed E-state index contributed by atoms with van der Waals surface area (Å²) < 4.78 is 16.1. The second kappa shape index (κ2) is 4.93. The fourth-order valence-corrected chi connectivity index (χ4v) is 1.47. The molecule has 0 atom stereocenters. The fourth-order valence-electron chi connectivity index (χ4n) is 0.843. The Morgan fingerprint density at radius 2 is 2.00 bits per heavy atom. The second-order valence-electron chi connectivity index (χ2n) is 2.32. The van der Waals surface area contributed by atoms with E-state index in [1.807, 2.05) is 0 Å². The highest BCUT2D eigenvalue weighted by atomic mass is 127. The van der Waals surface area contributed by atoms with Crippen LogP contribution < -0.4 is 4.74 Å². The molecule has 0 radical (unpaired) electrons. The molecule has 0 N–H and O–H groups in total. The maximum absolute atomic E-state index is 13.1. The molecule has 0 bridgehead atoms. The van der Waals surface area contributed by atoms with Crippen LogP contribution in [-0.4, -0.2) is 7.11 Å². The van der Waals surface area contributed by atoms with Crippen molar-refractivity contribution in [2.45, 2.75) is 1.87 Å². The Morgan fingerprint density at radius 1 is 1.43 bits per heavy atom. The summed E-state index contributed by atoms with van der Waals surface area (Å²) in [6.07, 6.45) is 0. The predicted octanol–water partition coefficient (Wildman–Crippen LogP) is 3.90. The lowest BCUT2D eigenvalue weighted by atomic mass is 10.2. The Hall–Kier alpha value is 0.370. The summed E-state index contributed by atoms with van der Waals surface area (Å²) in [6, 6.07) is 6.23. The van der Waals surface area contributed by atoms with Gasteiger partial charge in [0.1, 0.15) is 5.75 Å². The maximum Gasteiger partial charge on any atom is 0.350 e. The van der Waals surface area contributed by atoms with E-state index in [0.29, 0.717) is 0 Å². The summed E-state index contributed by atoms with van der Waals surface area (Å²) in [4.78, 5) is 10.9. The van der Waals surface area contributed by atoms with Gasteiger partial charge < -0.3 is 4.74 Å². The van der Waals surface area contributed by atoms with Crippen molar-refractivity contribution in [2.24, 2.45) is 0 Å². The molecule has 0 aliphatic heterocycles. The zero-order valence-electron chi connectivity index (χ0n) is 6.64. The van der Waals surface area contributed by atoms with E-state index in [0.717, 1.165) is 0 Å². The summed E-state index contributed by atoms with van der Waals surface area (Å²) in [5.41, 5.74) is 0.157. The molecule has 0 aromatic heterocycles. The number of para-hydroxylation sites is 1. The van der Waals surface area contributed by atoms with Gasteiger partial charge in [0.25, 0.3) is 5.24 Å². The lowest BCUT2D eigenvalue weighted by Crippen LogP contribution is -2.13. The van der Waals surface area contributed by atoms with Gasteiger partial charge in [-0.05, 0) is 23.7 Å². The highest BCUT2D eigenvalue weighted by Gasteiger charge is 2.24. The molecule has 0 aliphatic carbocycles. The van der Waals surface area contributed by atoms with Gasteiger partial charge in [0.05, 0.1) is 5.56 Å². The first-order valence-electron chi connectivity index (χ1n) is 3.45. The summed E-state index contributed by atoms with van der Waals surface area (Å²) in [7, 11) is 0. The van der Waals surface area contributed by atoms with E-state index in [1.165, 1.54) is 57.3 Å². The van der Waals surface area contributed by atoms with E-state index in [2.05, 4.69) is 0 Å². The van der Waals surface area contributed by atoms with Crippen molar-refractivity contribution in [1.82, 2.24) is 0 Å². The Morgan fingerprint density at radius 3 is 2.50 bits per heavy atom. The number of hydrogen-bond donors (Lipinski definition) is 0. The minimum Gasteiger partial charge on any atom is -0.441 e. The van der Waals surface area contributed by atoms with Gasteiger partial charge in [-0.3, -0.25) is 4.79 Å². The average Bonchev–Trinajstić information content (AvgIpc) is 2.01. The lowest BCUT2D eigenvalue weighted by molar-refractivity contribution is 0.106. The van der Waals surface area contributed by atoms with E-state index >= 15 is 0 Å². The fraction of sp³-hybridized carbons (Fsp3) is 0.125. The summed E-state index contributed by atoms with van der Waals surface area (Å²) in [5.74, 6) is 0.138. The van der Waals surface area contributed by atoms with Crippen LogP contribution >= 0.6 is 56.8 Å². The summed E-state index contributed by atoms with van der Waals surface area (Å²) >= 11 is 8.22. The molecule has 1 aromatic carbocycles. The van der Waals surface area contributed by atoms with E-state index in [4.69, 9.17) is 16.3 Å². The second-order valence-corrected chi connectivity index (χ2v) is 7.50. The van der Waals surface area contributed by atoms with Crippen molar-refractivity contribution in [3.8, 4) is 5.75 Å². The molecule has 1 rings (SSSR count). The molecular formula is C8H4ClFI2O2.